The Morgan fingerprint density at radius 1 is 1.20 bits per heavy atom. The smallest absolute Gasteiger partial charge is 0.225 e. The summed E-state index contributed by atoms with van der Waals surface area (Å²) in [7, 11) is -2.99. The Bertz CT molecular complexity index is 756. The van der Waals surface area contributed by atoms with Crippen molar-refractivity contribution >= 4 is 21.7 Å². The van der Waals surface area contributed by atoms with Crippen LogP contribution in [-0.4, -0.2) is 55.8 Å². The van der Waals surface area contributed by atoms with Gasteiger partial charge in [-0.1, -0.05) is 0 Å². The monoisotopic (exact) mass is 368 g/mol. The quantitative estimate of drug-likeness (QED) is 0.853. The molecule has 1 aromatic rings. The molecule has 3 heterocycles. The van der Waals surface area contributed by atoms with Crippen molar-refractivity contribution in [3.05, 3.63) is 23.7 Å². The van der Waals surface area contributed by atoms with Crippen LogP contribution in [0.25, 0.3) is 0 Å². The minimum atomic E-state index is -2.99. The maximum absolute atomic E-state index is 12.8. The summed E-state index contributed by atoms with van der Waals surface area (Å²) in [6, 6.07) is 3.56. The van der Waals surface area contributed by atoms with E-state index in [2.05, 4.69) is 5.32 Å². The molecule has 0 aromatic carbocycles. The molecule has 0 bridgehead atoms. The van der Waals surface area contributed by atoms with Crippen LogP contribution < -0.4 is 5.32 Å². The molecule has 138 valence electrons. The van der Waals surface area contributed by atoms with E-state index in [9.17, 15) is 18.0 Å². The maximum atomic E-state index is 12.8. The van der Waals surface area contributed by atoms with Crippen molar-refractivity contribution in [2.45, 2.75) is 38.6 Å². The van der Waals surface area contributed by atoms with Gasteiger partial charge in [0.2, 0.25) is 11.8 Å². The third kappa shape index (κ3) is 4.05. The van der Waals surface area contributed by atoms with E-state index in [1.807, 2.05) is 19.1 Å². The second kappa shape index (κ2) is 6.82. The number of carbonyl (C=O) groups is 2. The van der Waals surface area contributed by atoms with E-state index in [0.29, 0.717) is 25.9 Å². The Hall–Kier alpha value is -1.83. The van der Waals surface area contributed by atoms with Crippen LogP contribution in [0.5, 0.6) is 0 Å². The van der Waals surface area contributed by atoms with Crippen LogP contribution in [0.2, 0.25) is 0 Å². The number of likely N-dealkylation sites (tertiary alicyclic amines) is 1. The highest BCUT2D eigenvalue weighted by molar-refractivity contribution is 7.91. The molecule has 0 aliphatic carbocycles. The molecule has 2 aliphatic heterocycles. The number of rotatable bonds is 3. The summed E-state index contributed by atoms with van der Waals surface area (Å²) in [6.07, 6.45) is 0.764. The molecule has 0 radical (unpaired) electrons. The lowest BCUT2D eigenvalue weighted by molar-refractivity contribution is -0.135. The summed E-state index contributed by atoms with van der Waals surface area (Å²) in [4.78, 5) is 26.1. The Balaban J connectivity index is 1.72. The number of hydrogen-bond donors (Lipinski definition) is 1. The zero-order valence-electron chi connectivity index (χ0n) is 14.5. The van der Waals surface area contributed by atoms with Crippen molar-refractivity contribution in [1.29, 1.82) is 0 Å². The molecule has 3 rings (SSSR count). The van der Waals surface area contributed by atoms with Crippen molar-refractivity contribution in [1.82, 2.24) is 10.2 Å². The Kier molecular flexibility index (Phi) is 4.90. The van der Waals surface area contributed by atoms with E-state index >= 15 is 0 Å². The molecule has 0 spiro atoms. The lowest BCUT2D eigenvalue weighted by Crippen LogP contribution is -2.41. The largest absolute Gasteiger partial charge is 0.466 e. The molecule has 2 amide bonds. The van der Waals surface area contributed by atoms with Gasteiger partial charge in [0.25, 0.3) is 0 Å². The number of aryl methyl sites for hydroxylation is 1. The van der Waals surface area contributed by atoms with Crippen LogP contribution in [0.1, 0.15) is 37.2 Å². The number of carbonyl (C=O) groups excluding carboxylic acids is 2. The first-order valence-corrected chi connectivity index (χ1v) is 10.4. The third-order valence-corrected chi connectivity index (χ3v) is 6.77. The summed E-state index contributed by atoms with van der Waals surface area (Å²) in [5, 5.41) is 2.91. The second-order valence-electron chi connectivity index (χ2n) is 7.03. The lowest BCUT2D eigenvalue weighted by Gasteiger charge is -2.26. The van der Waals surface area contributed by atoms with Gasteiger partial charge in [0.05, 0.1) is 23.5 Å². The SMILES string of the molecule is CC(=O)N[C@@H]1CN(C(=O)C2CCS(=O)(=O)CC2)C[C@H]1c1ccc(C)o1. The number of nitrogens with one attached hydrogen (secondary N) is 1. The van der Waals surface area contributed by atoms with E-state index < -0.39 is 9.84 Å². The van der Waals surface area contributed by atoms with E-state index in [1.54, 1.807) is 4.90 Å². The van der Waals surface area contributed by atoms with Gasteiger partial charge >= 0.3 is 0 Å². The molecule has 2 fully saturated rings. The van der Waals surface area contributed by atoms with Gasteiger partial charge in [0, 0.05) is 25.9 Å². The van der Waals surface area contributed by atoms with Gasteiger partial charge in [-0.3, -0.25) is 9.59 Å². The van der Waals surface area contributed by atoms with Crippen molar-refractivity contribution in [3.63, 3.8) is 0 Å². The first-order valence-electron chi connectivity index (χ1n) is 8.58. The van der Waals surface area contributed by atoms with Crippen LogP contribution >= 0.6 is 0 Å². The molecule has 1 N–H and O–H groups in total. The predicted octanol–water partition coefficient (Wildman–Crippen LogP) is 0.843. The molecule has 2 saturated heterocycles. The van der Waals surface area contributed by atoms with Gasteiger partial charge in [-0.2, -0.15) is 0 Å². The Morgan fingerprint density at radius 2 is 1.88 bits per heavy atom. The van der Waals surface area contributed by atoms with Gasteiger partial charge in [0.15, 0.2) is 0 Å². The number of nitrogens with zero attached hydrogens (tertiary/aromatic N) is 1. The minimum absolute atomic E-state index is 0.0176. The zero-order valence-corrected chi connectivity index (χ0v) is 15.3. The standard InChI is InChI=1S/C17H24N2O5S/c1-11-3-4-16(24-11)14-9-19(10-15(14)18-12(2)20)17(21)13-5-7-25(22,23)8-6-13/h3-4,13-15H,5-10H2,1-2H3,(H,18,20)/t14-,15-/m1/s1. The fourth-order valence-corrected chi connectivity index (χ4v) is 5.22. The van der Waals surface area contributed by atoms with Gasteiger partial charge < -0.3 is 14.6 Å². The van der Waals surface area contributed by atoms with Gasteiger partial charge in [0.1, 0.15) is 21.4 Å². The minimum Gasteiger partial charge on any atom is -0.466 e. The van der Waals surface area contributed by atoms with E-state index in [4.69, 9.17) is 4.42 Å². The molecule has 0 saturated carbocycles. The zero-order chi connectivity index (χ0) is 18.2. The summed E-state index contributed by atoms with van der Waals surface area (Å²) in [5.41, 5.74) is 0. The predicted molar refractivity (Wildman–Crippen MR) is 91.7 cm³/mol. The van der Waals surface area contributed by atoms with Gasteiger partial charge in [-0.05, 0) is 31.9 Å². The van der Waals surface area contributed by atoms with Crippen molar-refractivity contribution < 1.29 is 22.4 Å². The van der Waals surface area contributed by atoms with E-state index in [1.165, 1.54) is 6.92 Å². The summed E-state index contributed by atoms with van der Waals surface area (Å²) >= 11 is 0. The summed E-state index contributed by atoms with van der Waals surface area (Å²) < 4.78 is 28.8. The van der Waals surface area contributed by atoms with E-state index in [0.717, 1.165) is 11.5 Å². The summed E-state index contributed by atoms with van der Waals surface area (Å²) in [5.74, 6) is 1.21. The number of hydrogen-bond acceptors (Lipinski definition) is 5. The number of sulfone groups is 1. The topological polar surface area (TPSA) is 96.7 Å². The van der Waals surface area contributed by atoms with Crippen molar-refractivity contribution in [2.75, 3.05) is 24.6 Å². The van der Waals surface area contributed by atoms with Crippen LogP contribution in [0, 0.1) is 12.8 Å². The van der Waals surface area contributed by atoms with Crippen LogP contribution in [0.3, 0.4) is 0 Å². The number of furan rings is 1. The van der Waals surface area contributed by atoms with Gasteiger partial charge in [-0.15, -0.1) is 0 Å². The molecule has 25 heavy (non-hydrogen) atoms. The summed E-state index contributed by atoms with van der Waals surface area (Å²) in [6.45, 7) is 4.21. The lowest BCUT2D eigenvalue weighted by atomic mass is 10.0. The van der Waals surface area contributed by atoms with Crippen molar-refractivity contribution in [3.8, 4) is 0 Å². The Morgan fingerprint density at radius 3 is 2.44 bits per heavy atom. The van der Waals surface area contributed by atoms with Crippen LogP contribution in [-0.2, 0) is 19.4 Å². The molecule has 7 nitrogen and oxygen atoms in total. The molecular weight excluding hydrogens is 344 g/mol. The first-order chi connectivity index (χ1) is 11.7. The fourth-order valence-electron chi connectivity index (χ4n) is 3.73. The van der Waals surface area contributed by atoms with Gasteiger partial charge in [-0.25, -0.2) is 8.42 Å². The average Bonchev–Trinajstić information content (AvgIpc) is 3.12. The second-order valence-corrected chi connectivity index (χ2v) is 9.33. The molecular formula is C17H24N2O5S. The van der Waals surface area contributed by atoms with Crippen LogP contribution in [0.15, 0.2) is 16.5 Å². The third-order valence-electron chi connectivity index (χ3n) is 5.05. The maximum Gasteiger partial charge on any atom is 0.225 e. The van der Waals surface area contributed by atoms with Crippen molar-refractivity contribution in [2.24, 2.45) is 5.92 Å². The fraction of sp³-hybridized carbons (Fsp3) is 0.647. The number of amides is 2. The van der Waals surface area contributed by atoms with Crippen LogP contribution in [0.4, 0.5) is 0 Å². The highest BCUT2D eigenvalue weighted by Crippen LogP contribution is 2.31. The molecule has 8 heteroatoms. The normalized spacial score (nSPS) is 26.6. The molecule has 2 aliphatic rings. The molecule has 2 atom stereocenters. The highest BCUT2D eigenvalue weighted by Gasteiger charge is 2.41. The first kappa shape index (κ1) is 18.0. The molecule has 1 aromatic heterocycles. The average molecular weight is 368 g/mol. The van der Waals surface area contributed by atoms with E-state index in [-0.39, 0.29) is 41.2 Å². The Labute approximate surface area is 147 Å². The molecule has 0 unspecified atom stereocenters. The highest BCUT2D eigenvalue weighted by atomic mass is 32.2.